The van der Waals surface area contributed by atoms with Crippen molar-refractivity contribution in [2.24, 2.45) is 0 Å². The van der Waals surface area contributed by atoms with E-state index in [1.807, 2.05) is 18.2 Å². The van der Waals surface area contributed by atoms with Crippen LogP contribution in [0, 0.1) is 0 Å². The highest BCUT2D eigenvalue weighted by Crippen LogP contribution is 2.27. The van der Waals surface area contributed by atoms with Gasteiger partial charge in [-0.25, -0.2) is 0 Å². The van der Waals surface area contributed by atoms with Crippen LogP contribution >= 0.6 is 0 Å². The predicted molar refractivity (Wildman–Crippen MR) is 53.0 cm³/mol. The third-order valence-corrected chi connectivity index (χ3v) is 1.86. The molecule has 1 aromatic carbocycles. The van der Waals surface area contributed by atoms with E-state index >= 15 is 0 Å². The van der Waals surface area contributed by atoms with Gasteiger partial charge in [-0.1, -0.05) is 0 Å². The third kappa shape index (κ3) is 1.36. The van der Waals surface area contributed by atoms with Crippen LogP contribution < -0.4 is 11.5 Å². The molecule has 0 radical (unpaired) electrons. The number of anilines is 2. The Morgan fingerprint density at radius 3 is 2.54 bits per heavy atom. The highest BCUT2D eigenvalue weighted by atomic mass is 16.3. The second-order valence-corrected chi connectivity index (χ2v) is 2.82. The highest BCUT2D eigenvalue weighted by molar-refractivity contribution is 5.75. The summed E-state index contributed by atoms with van der Waals surface area (Å²) in [5.41, 5.74) is 13.5. The summed E-state index contributed by atoms with van der Waals surface area (Å²) in [6.07, 6.45) is 1.62. The summed E-state index contributed by atoms with van der Waals surface area (Å²) in [7, 11) is 0. The first-order chi connectivity index (χ1) is 6.27. The fourth-order valence-corrected chi connectivity index (χ4v) is 1.24. The minimum absolute atomic E-state index is 0.634. The molecule has 0 bridgehead atoms. The molecule has 2 rings (SSSR count). The first kappa shape index (κ1) is 7.73. The van der Waals surface area contributed by atoms with Gasteiger partial charge >= 0.3 is 0 Å². The van der Waals surface area contributed by atoms with E-state index in [0.717, 1.165) is 11.3 Å². The van der Waals surface area contributed by atoms with Gasteiger partial charge in [-0.3, -0.25) is 0 Å². The molecular formula is C10H10N2O. The lowest BCUT2D eigenvalue weighted by Crippen LogP contribution is -1.92. The summed E-state index contributed by atoms with van der Waals surface area (Å²) in [5, 5.41) is 0. The van der Waals surface area contributed by atoms with E-state index in [1.54, 1.807) is 18.4 Å². The van der Waals surface area contributed by atoms with Gasteiger partial charge in [-0.15, -0.1) is 0 Å². The first-order valence-corrected chi connectivity index (χ1v) is 3.96. The summed E-state index contributed by atoms with van der Waals surface area (Å²) in [5.74, 6) is 0.762. The maximum Gasteiger partial charge on any atom is 0.135 e. The molecule has 0 saturated carbocycles. The predicted octanol–water partition coefficient (Wildman–Crippen LogP) is 2.11. The molecule has 0 fully saturated rings. The molecular weight excluding hydrogens is 164 g/mol. The zero-order chi connectivity index (χ0) is 9.26. The van der Waals surface area contributed by atoms with Crippen molar-refractivity contribution in [2.75, 3.05) is 11.5 Å². The van der Waals surface area contributed by atoms with Crippen LogP contribution in [0.15, 0.2) is 41.0 Å². The number of hydrogen-bond donors (Lipinski definition) is 2. The molecule has 0 unspecified atom stereocenters. The van der Waals surface area contributed by atoms with Gasteiger partial charge in [-0.05, 0) is 30.3 Å². The van der Waals surface area contributed by atoms with Crippen LogP contribution in [0.4, 0.5) is 11.4 Å². The van der Waals surface area contributed by atoms with Crippen LogP contribution in [0.25, 0.3) is 11.3 Å². The molecule has 4 N–H and O–H groups in total. The molecule has 66 valence electrons. The highest BCUT2D eigenvalue weighted by Gasteiger charge is 2.04. The average molecular weight is 174 g/mol. The van der Waals surface area contributed by atoms with Gasteiger partial charge < -0.3 is 15.9 Å². The molecule has 0 aliphatic heterocycles. The first-order valence-electron chi connectivity index (χ1n) is 3.96. The summed E-state index contributed by atoms with van der Waals surface area (Å²) in [4.78, 5) is 0. The second kappa shape index (κ2) is 2.86. The van der Waals surface area contributed by atoms with Gasteiger partial charge in [0.2, 0.25) is 0 Å². The third-order valence-electron chi connectivity index (χ3n) is 1.86. The molecule has 0 saturated heterocycles. The number of benzene rings is 1. The average Bonchev–Trinajstić information content (AvgIpc) is 2.56. The zero-order valence-corrected chi connectivity index (χ0v) is 7.03. The lowest BCUT2D eigenvalue weighted by molar-refractivity contribution is 0.582. The molecule has 0 aliphatic rings. The van der Waals surface area contributed by atoms with Crippen molar-refractivity contribution in [2.45, 2.75) is 0 Å². The number of nitrogen functional groups attached to an aromatic ring is 2. The van der Waals surface area contributed by atoms with Gasteiger partial charge in [0.05, 0.1) is 6.26 Å². The maximum atomic E-state index is 5.77. The molecule has 1 heterocycles. The Balaban J connectivity index is 2.53. The zero-order valence-electron chi connectivity index (χ0n) is 7.03. The van der Waals surface area contributed by atoms with Gasteiger partial charge in [-0.2, -0.15) is 0 Å². The number of nitrogens with two attached hydrogens (primary N) is 2. The van der Waals surface area contributed by atoms with E-state index in [9.17, 15) is 0 Å². The van der Waals surface area contributed by atoms with E-state index in [4.69, 9.17) is 15.9 Å². The molecule has 3 heteroatoms. The molecule has 2 aromatic rings. The van der Waals surface area contributed by atoms with E-state index in [-0.39, 0.29) is 0 Å². The van der Waals surface area contributed by atoms with Gasteiger partial charge in [0.15, 0.2) is 0 Å². The number of furan rings is 1. The van der Waals surface area contributed by atoms with Crippen molar-refractivity contribution >= 4 is 11.4 Å². The van der Waals surface area contributed by atoms with Gasteiger partial charge in [0.25, 0.3) is 0 Å². The Hall–Kier alpha value is -1.90. The van der Waals surface area contributed by atoms with Crippen LogP contribution in [-0.4, -0.2) is 0 Å². The summed E-state index contributed by atoms with van der Waals surface area (Å²) >= 11 is 0. The Kier molecular flexibility index (Phi) is 1.70. The molecule has 13 heavy (non-hydrogen) atoms. The van der Waals surface area contributed by atoms with Crippen molar-refractivity contribution in [1.29, 1.82) is 0 Å². The monoisotopic (exact) mass is 174 g/mol. The smallest absolute Gasteiger partial charge is 0.135 e. The second-order valence-electron chi connectivity index (χ2n) is 2.82. The maximum absolute atomic E-state index is 5.77. The molecule has 0 atom stereocenters. The molecule has 0 amide bonds. The van der Waals surface area contributed by atoms with Crippen molar-refractivity contribution < 1.29 is 4.42 Å². The van der Waals surface area contributed by atoms with Crippen molar-refractivity contribution in [3.8, 4) is 11.3 Å². The number of hydrogen-bond acceptors (Lipinski definition) is 3. The summed E-state index contributed by atoms with van der Waals surface area (Å²) in [6, 6.07) is 9.06. The van der Waals surface area contributed by atoms with Crippen molar-refractivity contribution in [3.05, 3.63) is 36.6 Å². The van der Waals surface area contributed by atoms with Crippen LogP contribution in [0.1, 0.15) is 0 Å². The molecule has 0 spiro atoms. The molecule has 1 aromatic heterocycles. The summed E-state index contributed by atoms with van der Waals surface area (Å²) in [6.45, 7) is 0. The minimum Gasteiger partial charge on any atom is -0.464 e. The van der Waals surface area contributed by atoms with E-state index < -0.39 is 0 Å². The fourth-order valence-electron chi connectivity index (χ4n) is 1.24. The Morgan fingerprint density at radius 1 is 1.08 bits per heavy atom. The standard InChI is InChI=1S/C10H10N2O/c11-7-3-4-8(9(12)6-7)10-2-1-5-13-10/h1-6H,11-12H2. The van der Waals surface area contributed by atoms with E-state index in [1.165, 1.54) is 0 Å². The van der Waals surface area contributed by atoms with E-state index in [2.05, 4.69) is 0 Å². The minimum atomic E-state index is 0.634. The fraction of sp³-hybridized carbons (Fsp3) is 0. The molecule has 0 aliphatic carbocycles. The molecule has 3 nitrogen and oxygen atoms in total. The largest absolute Gasteiger partial charge is 0.464 e. The summed E-state index contributed by atoms with van der Waals surface area (Å²) < 4.78 is 5.22. The van der Waals surface area contributed by atoms with Crippen LogP contribution in [0.3, 0.4) is 0 Å². The lowest BCUT2D eigenvalue weighted by atomic mass is 10.1. The topological polar surface area (TPSA) is 65.2 Å². The van der Waals surface area contributed by atoms with Crippen molar-refractivity contribution in [1.82, 2.24) is 0 Å². The van der Waals surface area contributed by atoms with E-state index in [0.29, 0.717) is 11.4 Å². The van der Waals surface area contributed by atoms with Crippen LogP contribution in [0.2, 0.25) is 0 Å². The SMILES string of the molecule is Nc1ccc(-c2ccco2)c(N)c1. The Morgan fingerprint density at radius 2 is 1.92 bits per heavy atom. The quantitative estimate of drug-likeness (QED) is 0.651. The number of rotatable bonds is 1. The van der Waals surface area contributed by atoms with Crippen LogP contribution in [-0.2, 0) is 0 Å². The van der Waals surface area contributed by atoms with Gasteiger partial charge in [0, 0.05) is 16.9 Å². The Bertz CT molecular complexity index is 407. The van der Waals surface area contributed by atoms with Gasteiger partial charge in [0.1, 0.15) is 5.76 Å². The Labute approximate surface area is 76.0 Å². The normalized spacial score (nSPS) is 10.2. The van der Waals surface area contributed by atoms with Crippen molar-refractivity contribution in [3.63, 3.8) is 0 Å². The van der Waals surface area contributed by atoms with Crippen LogP contribution in [0.5, 0.6) is 0 Å². The lowest BCUT2D eigenvalue weighted by Gasteiger charge is -2.02.